The zero-order valence-corrected chi connectivity index (χ0v) is 16.2. The summed E-state index contributed by atoms with van der Waals surface area (Å²) in [7, 11) is 0. The van der Waals surface area contributed by atoms with Crippen molar-refractivity contribution in [2.75, 3.05) is 4.90 Å². The number of ether oxygens (including phenoxy) is 1. The lowest BCUT2D eigenvalue weighted by Gasteiger charge is -2.15. The Bertz CT molecular complexity index is 969. The number of carboxylic acid groups (broad SMARTS) is 1. The fraction of sp³-hybridized carbons (Fsp3) is 0.190. The van der Waals surface area contributed by atoms with E-state index >= 15 is 0 Å². The third-order valence-electron chi connectivity index (χ3n) is 4.17. The molecule has 0 radical (unpaired) electrons. The first-order valence-corrected chi connectivity index (χ1v) is 9.55. The summed E-state index contributed by atoms with van der Waals surface area (Å²) in [5.41, 5.74) is 2.00. The number of carboxylic acids is 1. The van der Waals surface area contributed by atoms with Crippen LogP contribution in [0.5, 0.6) is 5.75 Å². The molecule has 2 aromatic carbocycles. The third-order valence-corrected chi connectivity index (χ3v) is 5.04. The van der Waals surface area contributed by atoms with Crippen LogP contribution in [0.25, 0.3) is 6.08 Å². The van der Waals surface area contributed by atoms with Gasteiger partial charge in [-0.25, -0.2) is 9.69 Å². The van der Waals surface area contributed by atoms with Gasteiger partial charge in [-0.2, -0.15) is 0 Å². The van der Waals surface area contributed by atoms with E-state index in [4.69, 9.17) is 4.74 Å². The number of amides is 2. The Morgan fingerprint density at radius 1 is 1.21 bits per heavy atom. The number of aliphatic carboxylic acids is 1. The summed E-state index contributed by atoms with van der Waals surface area (Å²) in [6, 6.07) is 14.0. The van der Waals surface area contributed by atoms with Crippen molar-refractivity contribution in [3.8, 4) is 5.75 Å². The molecule has 2 amide bonds. The number of rotatable bonds is 6. The Kier molecular flexibility index (Phi) is 5.84. The van der Waals surface area contributed by atoms with Crippen LogP contribution in [0.1, 0.15) is 24.5 Å². The molecule has 1 heterocycles. The normalized spacial score (nSPS) is 16.5. The van der Waals surface area contributed by atoms with Crippen LogP contribution in [0.3, 0.4) is 0 Å². The SMILES string of the molecule is CCC(Oc1ccccc1/C=C1/SC(=O)N(c2cccc(C)c2)C1=O)C(=O)O. The van der Waals surface area contributed by atoms with Crippen molar-refractivity contribution in [3.05, 3.63) is 64.6 Å². The van der Waals surface area contributed by atoms with Crippen LogP contribution < -0.4 is 9.64 Å². The van der Waals surface area contributed by atoms with E-state index in [1.807, 2.05) is 13.0 Å². The number of anilines is 1. The van der Waals surface area contributed by atoms with Gasteiger partial charge in [0.25, 0.3) is 11.1 Å². The summed E-state index contributed by atoms with van der Waals surface area (Å²) < 4.78 is 5.59. The van der Waals surface area contributed by atoms with Gasteiger partial charge in [-0.05, 0) is 54.9 Å². The van der Waals surface area contributed by atoms with Crippen molar-refractivity contribution in [1.29, 1.82) is 0 Å². The molecule has 0 aromatic heterocycles. The minimum atomic E-state index is -1.06. The van der Waals surface area contributed by atoms with Gasteiger partial charge in [0.05, 0.1) is 10.6 Å². The molecule has 0 bridgehead atoms. The molecule has 1 unspecified atom stereocenters. The number of carbonyl (C=O) groups is 3. The molecule has 0 spiro atoms. The molecular weight excluding hydrogens is 378 g/mol. The molecule has 1 saturated heterocycles. The number of thioether (sulfide) groups is 1. The lowest BCUT2D eigenvalue weighted by molar-refractivity contribution is -0.145. The van der Waals surface area contributed by atoms with Crippen LogP contribution in [-0.2, 0) is 9.59 Å². The Balaban J connectivity index is 1.92. The highest BCUT2D eigenvalue weighted by Crippen LogP contribution is 2.37. The van der Waals surface area contributed by atoms with Crippen LogP contribution >= 0.6 is 11.8 Å². The van der Waals surface area contributed by atoms with Gasteiger partial charge >= 0.3 is 5.97 Å². The summed E-state index contributed by atoms with van der Waals surface area (Å²) in [5.74, 6) is -1.13. The maximum Gasteiger partial charge on any atom is 0.344 e. The van der Waals surface area contributed by atoms with E-state index in [9.17, 15) is 19.5 Å². The van der Waals surface area contributed by atoms with Crippen molar-refractivity contribution in [2.24, 2.45) is 0 Å². The molecule has 0 aliphatic carbocycles. The smallest absolute Gasteiger partial charge is 0.344 e. The molecule has 1 fully saturated rings. The number of hydrogen-bond acceptors (Lipinski definition) is 5. The number of hydrogen-bond donors (Lipinski definition) is 1. The van der Waals surface area contributed by atoms with Crippen LogP contribution in [-0.4, -0.2) is 28.3 Å². The second kappa shape index (κ2) is 8.31. The number of aryl methyl sites for hydroxylation is 1. The molecule has 7 heteroatoms. The summed E-state index contributed by atoms with van der Waals surface area (Å²) in [6.07, 6.45) is 0.870. The van der Waals surface area contributed by atoms with E-state index in [0.717, 1.165) is 22.2 Å². The van der Waals surface area contributed by atoms with Crippen LogP contribution in [0, 0.1) is 6.92 Å². The van der Waals surface area contributed by atoms with E-state index < -0.39 is 18.0 Å². The predicted octanol–water partition coefficient (Wildman–Crippen LogP) is 4.48. The number of para-hydroxylation sites is 1. The molecular formula is C21H19NO5S. The largest absolute Gasteiger partial charge is 0.479 e. The zero-order valence-electron chi connectivity index (χ0n) is 15.4. The van der Waals surface area contributed by atoms with Gasteiger partial charge in [0.2, 0.25) is 0 Å². The molecule has 0 saturated carbocycles. The molecule has 1 atom stereocenters. The standard InChI is InChI=1S/C21H19NO5S/c1-3-16(20(24)25)27-17-10-5-4-8-14(17)12-18-19(23)22(21(26)28-18)15-9-6-7-13(2)11-15/h4-12,16H,3H2,1-2H3,(H,24,25)/b18-12+. The van der Waals surface area contributed by atoms with Gasteiger partial charge in [-0.15, -0.1) is 0 Å². The average Bonchev–Trinajstić information content (AvgIpc) is 2.94. The molecule has 6 nitrogen and oxygen atoms in total. The molecule has 3 rings (SSSR count). The van der Waals surface area contributed by atoms with Crippen LogP contribution in [0.4, 0.5) is 10.5 Å². The zero-order chi connectivity index (χ0) is 20.3. The van der Waals surface area contributed by atoms with Gasteiger partial charge in [-0.3, -0.25) is 9.59 Å². The van der Waals surface area contributed by atoms with Gasteiger partial charge < -0.3 is 9.84 Å². The Hall–Kier alpha value is -3.06. The number of nitrogens with zero attached hydrogens (tertiary/aromatic N) is 1. The maximum absolute atomic E-state index is 12.8. The first-order chi connectivity index (χ1) is 13.4. The average molecular weight is 397 g/mol. The fourth-order valence-electron chi connectivity index (χ4n) is 2.77. The Morgan fingerprint density at radius 2 is 1.96 bits per heavy atom. The van der Waals surface area contributed by atoms with E-state index in [2.05, 4.69) is 0 Å². The summed E-state index contributed by atoms with van der Waals surface area (Å²) in [6.45, 7) is 3.60. The first kappa shape index (κ1) is 19.7. The van der Waals surface area contributed by atoms with Crippen molar-refractivity contribution >= 4 is 40.6 Å². The van der Waals surface area contributed by atoms with Crippen LogP contribution in [0.2, 0.25) is 0 Å². The van der Waals surface area contributed by atoms with E-state index in [1.54, 1.807) is 55.5 Å². The highest BCUT2D eigenvalue weighted by molar-refractivity contribution is 8.19. The summed E-state index contributed by atoms with van der Waals surface area (Å²) >= 11 is 0.844. The van der Waals surface area contributed by atoms with E-state index in [0.29, 0.717) is 23.4 Å². The summed E-state index contributed by atoms with van der Waals surface area (Å²) in [4.78, 5) is 37.9. The molecule has 28 heavy (non-hydrogen) atoms. The number of imide groups is 1. The van der Waals surface area contributed by atoms with Gasteiger partial charge in [0.1, 0.15) is 5.75 Å². The van der Waals surface area contributed by atoms with Gasteiger partial charge in [0, 0.05) is 5.56 Å². The quantitative estimate of drug-likeness (QED) is 0.724. The lowest BCUT2D eigenvalue weighted by Crippen LogP contribution is -2.27. The second-order valence-electron chi connectivity index (χ2n) is 6.25. The molecule has 144 valence electrons. The fourth-order valence-corrected chi connectivity index (χ4v) is 3.60. The topological polar surface area (TPSA) is 83.9 Å². The predicted molar refractivity (Wildman–Crippen MR) is 108 cm³/mol. The summed E-state index contributed by atoms with van der Waals surface area (Å²) in [5, 5.41) is 8.84. The number of carbonyl (C=O) groups excluding carboxylic acids is 2. The van der Waals surface area contributed by atoms with Gasteiger partial charge in [-0.1, -0.05) is 37.3 Å². The maximum atomic E-state index is 12.8. The number of benzene rings is 2. The Labute approximate surface area is 166 Å². The van der Waals surface area contributed by atoms with Crippen molar-refractivity contribution in [3.63, 3.8) is 0 Å². The minimum absolute atomic E-state index is 0.255. The highest BCUT2D eigenvalue weighted by atomic mass is 32.2. The lowest BCUT2D eigenvalue weighted by atomic mass is 10.1. The van der Waals surface area contributed by atoms with E-state index in [-0.39, 0.29) is 10.1 Å². The molecule has 1 aliphatic heterocycles. The molecule has 1 N–H and O–H groups in total. The molecule has 2 aromatic rings. The highest BCUT2D eigenvalue weighted by Gasteiger charge is 2.36. The minimum Gasteiger partial charge on any atom is -0.479 e. The first-order valence-electron chi connectivity index (χ1n) is 8.73. The second-order valence-corrected chi connectivity index (χ2v) is 7.24. The van der Waals surface area contributed by atoms with Gasteiger partial charge in [0.15, 0.2) is 6.10 Å². The van der Waals surface area contributed by atoms with Crippen molar-refractivity contribution < 1.29 is 24.2 Å². The Morgan fingerprint density at radius 3 is 2.64 bits per heavy atom. The monoisotopic (exact) mass is 397 g/mol. The van der Waals surface area contributed by atoms with E-state index in [1.165, 1.54) is 0 Å². The van der Waals surface area contributed by atoms with Crippen LogP contribution in [0.15, 0.2) is 53.4 Å². The van der Waals surface area contributed by atoms with Crippen molar-refractivity contribution in [2.45, 2.75) is 26.4 Å². The molecule has 1 aliphatic rings. The third kappa shape index (κ3) is 4.09. The van der Waals surface area contributed by atoms with Crippen molar-refractivity contribution in [1.82, 2.24) is 0 Å².